The Morgan fingerprint density at radius 1 is 1.24 bits per heavy atom. The van der Waals surface area contributed by atoms with Crippen LogP contribution in [0, 0.1) is 0 Å². The van der Waals surface area contributed by atoms with Gasteiger partial charge in [0, 0.05) is 0 Å². The molecule has 1 heterocycles. The molecule has 25 heavy (non-hydrogen) atoms. The van der Waals surface area contributed by atoms with Crippen molar-refractivity contribution in [1.82, 2.24) is 4.98 Å². The van der Waals surface area contributed by atoms with Gasteiger partial charge >= 0.3 is 5.97 Å². The molecule has 7 heteroatoms. The molecule has 0 spiro atoms. The van der Waals surface area contributed by atoms with Crippen LogP contribution in [0.5, 0.6) is 5.75 Å². The van der Waals surface area contributed by atoms with Crippen LogP contribution in [-0.2, 0) is 14.0 Å². The quantitative estimate of drug-likeness (QED) is 0.364. The van der Waals surface area contributed by atoms with Crippen LogP contribution in [0.4, 0.5) is 0 Å². The molecule has 0 saturated heterocycles. The van der Waals surface area contributed by atoms with E-state index in [0.717, 1.165) is 4.60 Å². The molecule has 0 radical (unpaired) electrons. The van der Waals surface area contributed by atoms with E-state index in [-0.39, 0.29) is 11.0 Å². The number of carbonyl (C=O) groups excluding carboxylic acids is 1. The van der Waals surface area contributed by atoms with E-state index >= 15 is 0 Å². The molecule has 2 unspecified atom stereocenters. The molecule has 142 valence electrons. The van der Waals surface area contributed by atoms with Gasteiger partial charge in [-0.15, -0.1) is 0 Å². The van der Waals surface area contributed by atoms with Gasteiger partial charge < -0.3 is 13.9 Å². The molecule has 0 aliphatic rings. The minimum atomic E-state index is -2.41. The van der Waals surface area contributed by atoms with Crippen molar-refractivity contribution in [1.29, 1.82) is 0 Å². The van der Waals surface area contributed by atoms with Crippen LogP contribution in [-0.4, -0.2) is 37.2 Å². The molecule has 1 aromatic heterocycles. The van der Waals surface area contributed by atoms with Crippen molar-refractivity contribution >= 4 is 30.2 Å². The first-order chi connectivity index (χ1) is 11.2. The molecule has 0 aliphatic heterocycles. The van der Waals surface area contributed by atoms with E-state index < -0.39 is 20.0 Å². The molecule has 0 aromatic carbocycles. The van der Waals surface area contributed by atoms with Crippen LogP contribution in [0.25, 0.3) is 0 Å². The van der Waals surface area contributed by atoms with Crippen LogP contribution in [0.15, 0.2) is 22.9 Å². The molecule has 0 fully saturated rings. The zero-order chi connectivity index (χ0) is 19.5. The number of ether oxygens (including phenoxy) is 2. The van der Waals surface area contributed by atoms with Crippen molar-refractivity contribution in [2.45, 2.75) is 71.8 Å². The normalized spacial score (nSPS) is 16.0. The molecule has 0 bridgehead atoms. The summed E-state index contributed by atoms with van der Waals surface area (Å²) in [6.45, 7) is 15.7. The number of carbonyl (C=O) groups is 1. The van der Waals surface area contributed by atoms with Crippen molar-refractivity contribution in [3.63, 3.8) is 0 Å². The summed E-state index contributed by atoms with van der Waals surface area (Å²) in [6, 6.07) is 3.68. The van der Waals surface area contributed by atoms with Crippen molar-refractivity contribution in [3.8, 4) is 5.75 Å². The molecule has 5 nitrogen and oxygen atoms in total. The van der Waals surface area contributed by atoms with Crippen LogP contribution in [0.3, 0.4) is 0 Å². The van der Waals surface area contributed by atoms with Gasteiger partial charge in [0.25, 0.3) is 0 Å². The Kier molecular flexibility index (Phi) is 7.24. The molecule has 0 amide bonds. The van der Waals surface area contributed by atoms with E-state index in [1.54, 1.807) is 13.1 Å². The minimum absolute atomic E-state index is 0.119. The number of halogens is 1. The SMILES string of the molecule is CC(O[Si](C)(COc1ccc(Br)nc1)C(C)(C)C)C(=O)OC(C)(C)C. The third kappa shape index (κ3) is 7.07. The van der Waals surface area contributed by atoms with Crippen molar-refractivity contribution < 1.29 is 18.7 Å². The fourth-order valence-electron chi connectivity index (χ4n) is 1.92. The molecule has 1 aromatic rings. The van der Waals surface area contributed by atoms with Gasteiger partial charge in [0.1, 0.15) is 28.3 Å². The number of hydrogen-bond acceptors (Lipinski definition) is 5. The zero-order valence-corrected chi connectivity index (χ0v) is 19.1. The predicted molar refractivity (Wildman–Crippen MR) is 105 cm³/mol. The van der Waals surface area contributed by atoms with Gasteiger partial charge in [-0.3, -0.25) is 0 Å². The lowest BCUT2D eigenvalue weighted by atomic mass is 10.2. The fraction of sp³-hybridized carbons (Fsp3) is 0.667. The summed E-state index contributed by atoms with van der Waals surface area (Å²) in [4.78, 5) is 16.5. The summed E-state index contributed by atoms with van der Waals surface area (Å²) in [6.07, 6.45) is 1.45. The molecule has 1 rings (SSSR count). The number of nitrogens with zero attached hydrogens (tertiary/aromatic N) is 1. The molecule has 0 saturated carbocycles. The van der Waals surface area contributed by atoms with Gasteiger partial charge in [-0.05, 0) is 67.3 Å². The van der Waals surface area contributed by atoms with Gasteiger partial charge in [-0.1, -0.05) is 20.8 Å². The maximum absolute atomic E-state index is 12.3. The third-order valence-electron chi connectivity index (χ3n) is 3.98. The number of pyridine rings is 1. The Morgan fingerprint density at radius 2 is 1.84 bits per heavy atom. The second-order valence-corrected chi connectivity index (χ2v) is 13.7. The fourth-order valence-corrected chi connectivity index (χ4v) is 4.33. The highest BCUT2D eigenvalue weighted by molar-refractivity contribution is 9.10. The van der Waals surface area contributed by atoms with E-state index in [4.69, 9.17) is 13.9 Å². The Bertz CT molecular complexity index is 580. The maximum atomic E-state index is 12.3. The molecular formula is C18H30BrNO4Si. The van der Waals surface area contributed by atoms with Crippen molar-refractivity contribution in [2.75, 3.05) is 6.23 Å². The van der Waals surface area contributed by atoms with Crippen molar-refractivity contribution in [3.05, 3.63) is 22.9 Å². The number of hydrogen-bond donors (Lipinski definition) is 0. The highest BCUT2D eigenvalue weighted by Gasteiger charge is 2.45. The Balaban J connectivity index is 2.84. The largest absolute Gasteiger partial charge is 0.493 e. The van der Waals surface area contributed by atoms with Gasteiger partial charge in [0.2, 0.25) is 8.32 Å². The highest BCUT2D eigenvalue weighted by atomic mass is 79.9. The Hall–Kier alpha value is -0.923. The maximum Gasteiger partial charge on any atom is 0.334 e. The molecule has 0 aliphatic carbocycles. The summed E-state index contributed by atoms with van der Waals surface area (Å²) in [5, 5.41) is -0.119. The van der Waals surface area contributed by atoms with Crippen LogP contribution in [0.2, 0.25) is 11.6 Å². The lowest BCUT2D eigenvalue weighted by Gasteiger charge is -2.40. The smallest absolute Gasteiger partial charge is 0.334 e. The minimum Gasteiger partial charge on any atom is -0.493 e. The van der Waals surface area contributed by atoms with Crippen LogP contribution < -0.4 is 4.74 Å². The average Bonchev–Trinajstić information content (AvgIpc) is 2.43. The number of aromatic nitrogens is 1. The summed E-state index contributed by atoms with van der Waals surface area (Å²) in [5.74, 6) is 0.334. The zero-order valence-electron chi connectivity index (χ0n) is 16.5. The monoisotopic (exact) mass is 431 g/mol. The second kappa shape index (κ2) is 8.18. The first-order valence-electron chi connectivity index (χ1n) is 8.38. The van der Waals surface area contributed by atoms with Crippen LogP contribution >= 0.6 is 15.9 Å². The van der Waals surface area contributed by atoms with Crippen LogP contribution in [0.1, 0.15) is 48.5 Å². The molecule has 0 N–H and O–H groups in total. The van der Waals surface area contributed by atoms with E-state index in [0.29, 0.717) is 12.0 Å². The number of rotatable bonds is 6. The van der Waals surface area contributed by atoms with Gasteiger partial charge in [-0.25, -0.2) is 9.78 Å². The highest BCUT2D eigenvalue weighted by Crippen LogP contribution is 2.38. The van der Waals surface area contributed by atoms with Gasteiger partial charge in [0.15, 0.2) is 0 Å². The summed E-state index contributed by atoms with van der Waals surface area (Å²) >= 11 is 3.31. The Morgan fingerprint density at radius 3 is 2.28 bits per heavy atom. The van der Waals surface area contributed by atoms with E-state index in [1.165, 1.54) is 0 Å². The standard InChI is InChI=1S/C18H30BrNO4Si/c1-13(16(21)23-17(2,3)4)24-25(8,18(5,6)7)12-22-14-9-10-15(19)20-11-14/h9-11,13H,12H2,1-8H3. The van der Waals surface area contributed by atoms with Gasteiger partial charge in [-0.2, -0.15) is 0 Å². The Labute approximate surface area is 160 Å². The van der Waals surface area contributed by atoms with E-state index in [2.05, 4.69) is 48.2 Å². The average molecular weight is 432 g/mol. The molecule has 2 atom stereocenters. The second-order valence-electron chi connectivity index (χ2n) is 8.38. The number of esters is 1. The first-order valence-corrected chi connectivity index (χ1v) is 11.8. The van der Waals surface area contributed by atoms with Gasteiger partial charge in [0.05, 0.1) is 6.20 Å². The van der Waals surface area contributed by atoms with E-state index in [1.807, 2.05) is 32.9 Å². The summed E-state index contributed by atoms with van der Waals surface area (Å²) in [7, 11) is -2.41. The third-order valence-corrected chi connectivity index (χ3v) is 9.19. The summed E-state index contributed by atoms with van der Waals surface area (Å²) < 4.78 is 18.4. The molecular weight excluding hydrogens is 402 g/mol. The lowest BCUT2D eigenvalue weighted by Crippen LogP contribution is -2.53. The first kappa shape index (κ1) is 22.1. The predicted octanol–water partition coefficient (Wildman–Crippen LogP) is 4.88. The lowest BCUT2D eigenvalue weighted by molar-refractivity contribution is -0.163. The summed E-state index contributed by atoms with van der Waals surface area (Å²) in [5.41, 5.74) is -0.534. The topological polar surface area (TPSA) is 57.7 Å². The van der Waals surface area contributed by atoms with Crippen molar-refractivity contribution in [2.24, 2.45) is 0 Å². The van der Waals surface area contributed by atoms with E-state index in [9.17, 15) is 4.79 Å².